The maximum absolute atomic E-state index is 12.7. The number of carbonyl (C=O) groups is 1. The van der Waals surface area contributed by atoms with Crippen LogP contribution in [-0.2, 0) is 10.8 Å². The van der Waals surface area contributed by atoms with Crippen LogP contribution in [0, 0.1) is 0 Å². The van der Waals surface area contributed by atoms with Gasteiger partial charge in [-0.05, 0) is 29.4 Å². The van der Waals surface area contributed by atoms with Gasteiger partial charge in [0.15, 0.2) is 5.78 Å². The number of hydrogen-bond donors (Lipinski definition) is 1. The van der Waals surface area contributed by atoms with E-state index in [1.807, 2.05) is 12.1 Å². The smallest absolute Gasteiger partial charge is 0.176 e. The number of phenols is 1. The molecule has 1 rings (SSSR count). The first-order chi connectivity index (χ1) is 9.89. The SMILES string of the molecule is CCCC(Br)C(=O)c1cc(C(C)(C)C)c(O)c(C(C)(C)C)c1. The number of Topliss-reactive ketones (excluding diaryl/α,β-unsaturated/α-hetero) is 1. The molecule has 1 unspecified atom stereocenters. The molecule has 0 radical (unpaired) electrons. The number of benzene rings is 1. The van der Waals surface area contributed by atoms with Crippen molar-refractivity contribution in [2.45, 2.75) is 77.0 Å². The van der Waals surface area contributed by atoms with E-state index in [1.54, 1.807) is 0 Å². The molecule has 0 aliphatic rings. The van der Waals surface area contributed by atoms with Crippen molar-refractivity contribution in [1.82, 2.24) is 0 Å². The average Bonchev–Trinajstić information content (AvgIpc) is 2.35. The van der Waals surface area contributed by atoms with E-state index < -0.39 is 0 Å². The average molecular weight is 369 g/mol. The van der Waals surface area contributed by atoms with Gasteiger partial charge in [0, 0.05) is 16.7 Å². The van der Waals surface area contributed by atoms with Crippen LogP contribution in [0.5, 0.6) is 5.75 Å². The maximum Gasteiger partial charge on any atom is 0.176 e. The topological polar surface area (TPSA) is 37.3 Å². The summed E-state index contributed by atoms with van der Waals surface area (Å²) in [6, 6.07) is 3.72. The summed E-state index contributed by atoms with van der Waals surface area (Å²) >= 11 is 3.50. The van der Waals surface area contributed by atoms with Crippen LogP contribution in [-0.4, -0.2) is 15.7 Å². The Morgan fingerprint density at radius 2 is 1.50 bits per heavy atom. The Labute approximate surface area is 143 Å². The van der Waals surface area contributed by atoms with Crippen molar-refractivity contribution in [2.75, 3.05) is 0 Å². The second-order valence-corrected chi connectivity index (χ2v) is 9.15. The summed E-state index contributed by atoms with van der Waals surface area (Å²) in [6.45, 7) is 14.4. The van der Waals surface area contributed by atoms with Gasteiger partial charge in [0.25, 0.3) is 0 Å². The fraction of sp³-hybridized carbons (Fsp3) is 0.632. The highest BCUT2D eigenvalue weighted by Crippen LogP contribution is 2.40. The molecule has 0 aromatic heterocycles. The lowest BCUT2D eigenvalue weighted by Crippen LogP contribution is -2.21. The summed E-state index contributed by atoms with van der Waals surface area (Å²) in [4.78, 5) is 12.5. The van der Waals surface area contributed by atoms with Crippen LogP contribution in [0.2, 0.25) is 0 Å². The Balaban J connectivity index is 3.51. The molecule has 1 N–H and O–H groups in total. The number of phenolic OH excluding ortho intramolecular Hbond substituents is 1. The Kier molecular flexibility index (Phi) is 5.88. The first-order valence-corrected chi connectivity index (χ1v) is 8.87. The fourth-order valence-electron chi connectivity index (χ4n) is 2.49. The molecule has 1 aromatic carbocycles. The first-order valence-electron chi connectivity index (χ1n) is 7.95. The van der Waals surface area contributed by atoms with Crippen LogP contribution in [0.1, 0.15) is 82.8 Å². The van der Waals surface area contributed by atoms with Crippen LogP contribution in [0.15, 0.2) is 12.1 Å². The van der Waals surface area contributed by atoms with Gasteiger partial charge in [-0.3, -0.25) is 4.79 Å². The monoisotopic (exact) mass is 368 g/mol. The van der Waals surface area contributed by atoms with E-state index in [1.165, 1.54) is 0 Å². The molecule has 3 heteroatoms. The largest absolute Gasteiger partial charge is 0.507 e. The van der Waals surface area contributed by atoms with E-state index >= 15 is 0 Å². The zero-order chi connectivity index (χ0) is 17.3. The number of aromatic hydroxyl groups is 1. The summed E-state index contributed by atoms with van der Waals surface area (Å²) in [6.07, 6.45) is 1.77. The molecule has 0 amide bonds. The Morgan fingerprint density at radius 1 is 1.09 bits per heavy atom. The third kappa shape index (κ3) is 4.34. The molecule has 0 aliphatic carbocycles. The highest BCUT2D eigenvalue weighted by molar-refractivity contribution is 9.10. The minimum absolute atomic E-state index is 0.0952. The van der Waals surface area contributed by atoms with Crippen molar-refractivity contribution in [3.05, 3.63) is 28.8 Å². The molecule has 0 fully saturated rings. The number of alkyl halides is 1. The van der Waals surface area contributed by atoms with Crippen molar-refractivity contribution in [3.8, 4) is 5.75 Å². The van der Waals surface area contributed by atoms with Crippen molar-refractivity contribution in [1.29, 1.82) is 0 Å². The van der Waals surface area contributed by atoms with Crippen LogP contribution in [0.4, 0.5) is 0 Å². The molecular weight excluding hydrogens is 340 g/mol. The fourth-order valence-corrected chi connectivity index (χ4v) is 3.21. The van der Waals surface area contributed by atoms with Crippen LogP contribution in [0.25, 0.3) is 0 Å². The summed E-state index contributed by atoms with van der Waals surface area (Å²) in [5, 5.41) is 10.7. The summed E-state index contributed by atoms with van der Waals surface area (Å²) in [5.41, 5.74) is 1.92. The maximum atomic E-state index is 12.7. The normalized spacial score (nSPS) is 14.0. The second-order valence-electron chi connectivity index (χ2n) is 8.04. The zero-order valence-electron chi connectivity index (χ0n) is 14.9. The highest BCUT2D eigenvalue weighted by Gasteiger charge is 2.28. The molecule has 0 saturated carbocycles. The third-order valence-electron chi connectivity index (χ3n) is 3.84. The molecule has 0 spiro atoms. The van der Waals surface area contributed by atoms with Crippen molar-refractivity contribution < 1.29 is 9.90 Å². The molecule has 0 aliphatic heterocycles. The van der Waals surface area contributed by atoms with Crippen LogP contribution >= 0.6 is 15.9 Å². The number of hydrogen-bond acceptors (Lipinski definition) is 2. The molecule has 1 atom stereocenters. The minimum atomic E-state index is -0.215. The quantitative estimate of drug-likeness (QED) is 0.543. The van der Waals surface area contributed by atoms with Gasteiger partial charge < -0.3 is 5.11 Å². The molecule has 22 heavy (non-hydrogen) atoms. The van der Waals surface area contributed by atoms with Gasteiger partial charge in [0.2, 0.25) is 0 Å². The van der Waals surface area contributed by atoms with E-state index in [4.69, 9.17) is 0 Å². The standard InChI is InChI=1S/C19H29BrO2/c1-8-9-15(20)16(21)12-10-13(18(2,3)4)17(22)14(11-12)19(5,6)7/h10-11,15,22H,8-9H2,1-7H3. The summed E-state index contributed by atoms with van der Waals surface area (Å²) in [5.74, 6) is 0.413. The van der Waals surface area contributed by atoms with E-state index in [0.29, 0.717) is 11.3 Å². The number of halogens is 1. The molecule has 2 nitrogen and oxygen atoms in total. The van der Waals surface area contributed by atoms with Crippen LogP contribution in [0.3, 0.4) is 0 Å². The van der Waals surface area contributed by atoms with Gasteiger partial charge in [0.05, 0.1) is 4.83 Å². The van der Waals surface area contributed by atoms with Gasteiger partial charge in [-0.2, -0.15) is 0 Å². The summed E-state index contributed by atoms with van der Waals surface area (Å²) < 4.78 is 0. The molecular formula is C19H29BrO2. The van der Waals surface area contributed by atoms with Crippen molar-refractivity contribution in [3.63, 3.8) is 0 Å². The summed E-state index contributed by atoms with van der Waals surface area (Å²) in [7, 11) is 0. The molecule has 124 valence electrons. The highest BCUT2D eigenvalue weighted by atomic mass is 79.9. The molecule has 0 bridgehead atoms. The Bertz CT molecular complexity index is 513. The lowest BCUT2D eigenvalue weighted by Gasteiger charge is -2.28. The lowest BCUT2D eigenvalue weighted by atomic mass is 9.78. The number of carbonyl (C=O) groups excluding carboxylic acids is 1. The Morgan fingerprint density at radius 3 is 1.82 bits per heavy atom. The predicted molar refractivity (Wildman–Crippen MR) is 97.5 cm³/mol. The number of rotatable bonds is 4. The van der Waals surface area contributed by atoms with Gasteiger partial charge >= 0.3 is 0 Å². The van der Waals surface area contributed by atoms with Crippen LogP contribution < -0.4 is 0 Å². The van der Waals surface area contributed by atoms with E-state index in [-0.39, 0.29) is 21.4 Å². The van der Waals surface area contributed by atoms with E-state index in [0.717, 1.165) is 24.0 Å². The van der Waals surface area contributed by atoms with Gasteiger partial charge in [-0.25, -0.2) is 0 Å². The van der Waals surface area contributed by atoms with E-state index in [2.05, 4.69) is 64.4 Å². The molecule has 1 aromatic rings. The molecule has 0 heterocycles. The number of ketones is 1. The van der Waals surface area contributed by atoms with Gasteiger partial charge in [-0.15, -0.1) is 0 Å². The Hall–Kier alpha value is -0.830. The second kappa shape index (κ2) is 6.74. The van der Waals surface area contributed by atoms with Gasteiger partial charge in [-0.1, -0.05) is 70.8 Å². The van der Waals surface area contributed by atoms with Crippen molar-refractivity contribution in [2.24, 2.45) is 0 Å². The minimum Gasteiger partial charge on any atom is -0.507 e. The predicted octanol–water partition coefficient (Wildman–Crippen LogP) is 5.73. The lowest BCUT2D eigenvalue weighted by molar-refractivity contribution is 0.0988. The molecule has 0 saturated heterocycles. The van der Waals surface area contributed by atoms with Gasteiger partial charge in [0.1, 0.15) is 5.75 Å². The zero-order valence-corrected chi connectivity index (χ0v) is 16.5. The van der Waals surface area contributed by atoms with Crippen molar-refractivity contribution >= 4 is 21.7 Å². The first kappa shape index (κ1) is 19.2. The van der Waals surface area contributed by atoms with E-state index in [9.17, 15) is 9.90 Å². The third-order valence-corrected chi connectivity index (χ3v) is 4.71.